The summed E-state index contributed by atoms with van der Waals surface area (Å²) in [6.07, 6.45) is 0.536. The molecule has 3 rings (SSSR count). The molecule has 0 radical (unpaired) electrons. The number of nitrogen functional groups attached to an aromatic ring is 1. The Balaban J connectivity index is 2.16. The minimum atomic E-state index is -0.439. The second-order valence-corrected chi connectivity index (χ2v) is 6.63. The highest BCUT2D eigenvalue weighted by Gasteiger charge is 2.30. The van der Waals surface area contributed by atoms with E-state index < -0.39 is 5.25 Å². The van der Waals surface area contributed by atoms with E-state index in [1.807, 2.05) is 6.07 Å². The summed E-state index contributed by atoms with van der Waals surface area (Å²) in [5.41, 5.74) is 7.35. The van der Waals surface area contributed by atoms with Crippen LogP contribution in [-0.4, -0.2) is 29.9 Å². The number of pyridine rings is 1. The Bertz CT molecular complexity index is 945. The predicted molar refractivity (Wildman–Crippen MR) is 95.3 cm³/mol. The molecule has 0 spiro atoms. The van der Waals surface area contributed by atoms with Crippen molar-refractivity contribution < 1.29 is 14.3 Å². The van der Waals surface area contributed by atoms with Gasteiger partial charge in [-0.2, -0.15) is 10.5 Å². The van der Waals surface area contributed by atoms with E-state index in [0.717, 1.165) is 11.8 Å². The number of aromatic nitrogens is 1. The van der Waals surface area contributed by atoms with Crippen molar-refractivity contribution in [3.05, 3.63) is 35.4 Å². The zero-order chi connectivity index (χ0) is 18.7. The van der Waals surface area contributed by atoms with Gasteiger partial charge < -0.3 is 15.2 Å². The molecule has 1 aliphatic rings. The van der Waals surface area contributed by atoms with E-state index in [2.05, 4.69) is 11.1 Å². The van der Waals surface area contributed by atoms with Crippen molar-refractivity contribution in [1.82, 2.24) is 4.98 Å². The summed E-state index contributed by atoms with van der Waals surface area (Å²) in [4.78, 5) is 16.0. The molecule has 1 saturated heterocycles. The maximum atomic E-state index is 11.8. The number of nitrogens with two attached hydrogens (primary N) is 1. The largest absolute Gasteiger partial charge is 0.497 e. The molecule has 7 nitrogen and oxygen atoms in total. The topological polar surface area (TPSA) is 122 Å². The van der Waals surface area contributed by atoms with Crippen molar-refractivity contribution in [2.45, 2.75) is 16.7 Å². The molecule has 2 aromatic rings. The first-order valence-corrected chi connectivity index (χ1v) is 8.58. The summed E-state index contributed by atoms with van der Waals surface area (Å²) in [6.45, 7) is 0.343. The van der Waals surface area contributed by atoms with Gasteiger partial charge in [-0.1, -0.05) is 23.9 Å². The number of hydrogen-bond acceptors (Lipinski definition) is 8. The van der Waals surface area contributed by atoms with Gasteiger partial charge in [0.15, 0.2) is 0 Å². The van der Waals surface area contributed by atoms with Gasteiger partial charge in [0.1, 0.15) is 39.5 Å². The van der Waals surface area contributed by atoms with Gasteiger partial charge in [0.05, 0.1) is 19.3 Å². The van der Waals surface area contributed by atoms with Crippen LogP contribution in [-0.2, 0) is 9.53 Å². The number of ether oxygens (including phenoxy) is 2. The molecular weight excluding hydrogens is 352 g/mol. The molecule has 1 aromatic carbocycles. The van der Waals surface area contributed by atoms with Crippen LogP contribution in [0.4, 0.5) is 5.82 Å². The average molecular weight is 366 g/mol. The first kappa shape index (κ1) is 17.6. The number of rotatable bonds is 4. The fraction of sp³-hybridized carbons (Fsp3) is 0.222. The van der Waals surface area contributed by atoms with Crippen LogP contribution in [0.3, 0.4) is 0 Å². The normalized spacial score (nSPS) is 15.8. The summed E-state index contributed by atoms with van der Waals surface area (Å²) in [5.74, 6) is 0.330. The number of esters is 1. The number of nitriles is 2. The van der Waals surface area contributed by atoms with E-state index in [4.69, 9.17) is 15.2 Å². The van der Waals surface area contributed by atoms with Crippen LogP contribution in [0.25, 0.3) is 11.1 Å². The Morgan fingerprint density at radius 3 is 2.50 bits per heavy atom. The van der Waals surface area contributed by atoms with Crippen LogP contribution < -0.4 is 10.5 Å². The van der Waals surface area contributed by atoms with Gasteiger partial charge in [0, 0.05) is 12.0 Å². The summed E-state index contributed by atoms with van der Waals surface area (Å²) >= 11 is 1.14. The Kier molecular flexibility index (Phi) is 4.97. The van der Waals surface area contributed by atoms with Crippen molar-refractivity contribution in [2.24, 2.45) is 0 Å². The Labute approximate surface area is 154 Å². The molecule has 1 aromatic heterocycles. The van der Waals surface area contributed by atoms with Gasteiger partial charge in [0.25, 0.3) is 0 Å². The molecule has 8 heteroatoms. The van der Waals surface area contributed by atoms with E-state index in [0.29, 0.717) is 34.9 Å². The zero-order valence-electron chi connectivity index (χ0n) is 13.9. The lowest BCUT2D eigenvalue weighted by atomic mass is 9.97. The molecule has 0 amide bonds. The van der Waals surface area contributed by atoms with Crippen LogP contribution in [0.15, 0.2) is 29.3 Å². The number of hydrogen-bond donors (Lipinski definition) is 1. The Hall–Kier alpha value is -3.23. The number of thioether (sulfide) groups is 1. The highest BCUT2D eigenvalue weighted by molar-refractivity contribution is 8.00. The third-order valence-electron chi connectivity index (χ3n) is 3.94. The molecule has 1 atom stereocenters. The van der Waals surface area contributed by atoms with E-state index in [-0.39, 0.29) is 22.9 Å². The van der Waals surface area contributed by atoms with Crippen molar-refractivity contribution in [2.75, 3.05) is 19.5 Å². The Morgan fingerprint density at radius 1 is 1.27 bits per heavy atom. The quantitative estimate of drug-likeness (QED) is 0.819. The second-order valence-electron chi connectivity index (χ2n) is 5.44. The van der Waals surface area contributed by atoms with Gasteiger partial charge in [-0.05, 0) is 17.7 Å². The first-order valence-electron chi connectivity index (χ1n) is 7.70. The maximum Gasteiger partial charge on any atom is 0.319 e. The number of carbonyl (C=O) groups excluding carboxylic acids is 1. The number of nitrogens with zero attached hydrogens (tertiary/aromatic N) is 3. The van der Waals surface area contributed by atoms with Gasteiger partial charge >= 0.3 is 5.97 Å². The average Bonchev–Trinajstić information content (AvgIpc) is 3.06. The van der Waals surface area contributed by atoms with E-state index >= 15 is 0 Å². The van der Waals surface area contributed by atoms with Gasteiger partial charge in [0.2, 0.25) is 0 Å². The molecule has 1 aliphatic heterocycles. The summed E-state index contributed by atoms with van der Waals surface area (Å²) in [5, 5.41) is 19.1. The fourth-order valence-electron chi connectivity index (χ4n) is 2.65. The van der Waals surface area contributed by atoms with Gasteiger partial charge in [-0.15, -0.1) is 0 Å². The molecule has 130 valence electrons. The summed E-state index contributed by atoms with van der Waals surface area (Å²) in [7, 11) is 1.55. The van der Waals surface area contributed by atoms with Crippen molar-refractivity contribution in [3.8, 4) is 29.0 Å². The van der Waals surface area contributed by atoms with Crippen LogP contribution in [0.5, 0.6) is 5.75 Å². The monoisotopic (exact) mass is 366 g/mol. The second kappa shape index (κ2) is 7.34. The lowest BCUT2D eigenvalue weighted by Crippen LogP contribution is -2.11. The summed E-state index contributed by atoms with van der Waals surface area (Å²) < 4.78 is 10.1. The number of methoxy groups -OCH3 is 1. The molecule has 26 heavy (non-hydrogen) atoms. The first-order chi connectivity index (χ1) is 12.6. The maximum absolute atomic E-state index is 11.8. The lowest BCUT2D eigenvalue weighted by Gasteiger charge is -2.14. The number of anilines is 1. The fourth-order valence-corrected chi connectivity index (χ4v) is 3.71. The van der Waals surface area contributed by atoms with Crippen LogP contribution >= 0.6 is 11.8 Å². The van der Waals surface area contributed by atoms with Crippen molar-refractivity contribution in [1.29, 1.82) is 10.5 Å². The molecule has 0 bridgehead atoms. The minimum Gasteiger partial charge on any atom is -0.497 e. The number of cyclic esters (lactones) is 1. The molecule has 2 heterocycles. The smallest absolute Gasteiger partial charge is 0.319 e. The van der Waals surface area contributed by atoms with E-state index in [9.17, 15) is 15.3 Å². The highest BCUT2D eigenvalue weighted by atomic mass is 32.2. The van der Waals surface area contributed by atoms with Crippen molar-refractivity contribution >= 4 is 23.5 Å². The third kappa shape index (κ3) is 3.15. The minimum absolute atomic E-state index is 0.0196. The highest BCUT2D eigenvalue weighted by Crippen LogP contribution is 2.38. The summed E-state index contributed by atoms with van der Waals surface area (Å²) in [6, 6.07) is 11.1. The zero-order valence-corrected chi connectivity index (χ0v) is 14.7. The lowest BCUT2D eigenvalue weighted by molar-refractivity contribution is -0.137. The molecular formula is C18H14N4O3S. The van der Waals surface area contributed by atoms with Gasteiger partial charge in [-0.25, -0.2) is 4.98 Å². The number of carbonyl (C=O) groups is 1. The molecule has 2 N–H and O–H groups in total. The van der Waals surface area contributed by atoms with Crippen LogP contribution in [0, 0.1) is 22.7 Å². The molecule has 1 fully saturated rings. The Morgan fingerprint density at radius 2 is 1.96 bits per heavy atom. The SMILES string of the molecule is COc1ccc(-c2c(C#N)c(N)nc(SC3CCOC3=O)c2C#N)cc1. The van der Waals surface area contributed by atoms with Crippen molar-refractivity contribution in [3.63, 3.8) is 0 Å². The molecule has 1 unspecified atom stereocenters. The third-order valence-corrected chi connectivity index (χ3v) is 5.17. The van der Waals surface area contributed by atoms with Gasteiger partial charge in [-0.3, -0.25) is 4.79 Å². The standard InChI is InChI=1S/C18H14N4O3S/c1-24-11-4-2-10(3-5-11)15-12(8-19)16(21)22-17(13(15)9-20)26-14-6-7-25-18(14)23/h2-5,14H,6-7H2,1H3,(H2,21,22). The van der Waals surface area contributed by atoms with Crippen LogP contribution in [0.1, 0.15) is 17.5 Å². The van der Waals surface area contributed by atoms with E-state index in [1.54, 1.807) is 31.4 Å². The van der Waals surface area contributed by atoms with E-state index in [1.165, 1.54) is 0 Å². The molecule has 0 saturated carbocycles. The predicted octanol–water partition coefficient (Wildman–Crippen LogP) is 2.49. The molecule has 0 aliphatic carbocycles. The van der Waals surface area contributed by atoms with Crippen LogP contribution in [0.2, 0.25) is 0 Å². The number of benzene rings is 1.